The number of piperidine rings is 1. The summed E-state index contributed by atoms with van der Waals surface area (Å²) in [7, 11) is 1.63. The third kappa shape index (κ3) is 4.53. The normalized spacial score (nSPS) is 22.3. The number of hydrogen-bond acceptors (Lipinski definition) is 2. The van der Waals surface area contributed by atoms with Crippen molar-refractivity contribution in [2.45, 2.75) is 26.2 Å². The van der Waals surface area contributed by atoms with Gasteiger partial charge in [0.05, 0.1) is 33.2 Å². The van der Waals surface area contributed by atoms with Crippen molar-refractivity contribution in [1.82, 2.24) is 0 Å². The zero-order valence-corrected chi connectivity index (χ0v) is 12.4. The second-order valence-corrected chi connectivity index (χ2v) is 5.73. The van der Waals surface area contributed by atoms with Crippen LogP contribution in [-0.2, 0) is 4.79 Å². The number of likely N-dealkylation sites (tertiary alicyclic amines) is 1. The van der Waals surface area contributed by atoms with E-state index >= 15 is 0 Å². The molecule has 0 radical (unpaired) electrons. The number of anilines is 1. The van der Waals surface area contributed by atoms with Crippen LogP contribution >= 0.6 is 0 Å². The number of nitrogens with one attached hydrogen (secondary N) is 2. The van der Waals surface area contributed by atoms with Gasteiger partial charge in [0.1, 0.15) is 5.75 Å². The van der Waals surface area contributed by atoms with Gasteiger partial charge >= 0.3 is 0 Å². The number of quaternary nitrogens is 1. The average Bonchev–Trinajstić information content (AvgIpc) is 2.46. The van der Waals surface area contributed by atoms with Gasteiger partial charge in [0.2, 0.25) is 5.91 Å². The molecule has 0 aliphatic carbocycles. The molecule has 110 valence electrons. The maximum atomic E-state index is 11.9. The summed E-state index contributed by atoms with van der Waals surface area (Å²) in [6.07, 6.45) is 3.21. The molecular weight excluding hydrogens is 252 g/mol. The Morgan fingerprint density at radius 1 is 1.40 bits per heavy atom. The van der Waals surface area contributed by atoms with Crippen LogP contribution in [0, 0.1) is 5.92 Å². The quantitative estimate of drug-likeness (QED) is 0.853. The Hall–Kier alpha value is -1.55. The van der Waals surface area contributed by atoms with Crippen molar-refractivity contribution in [3.05, 3.63) is 24.3 Å². The summed E-state index contributed by atoms with van der Waals surface area (Å²) >= 11 is 0. The highest BCUT2D eigenvalue weighted by molar-refractivity contribution is 5.90. The first kappa shape index (κ1) is 14.9. The maximum absolute atomic E-state index is 11.9. The number of carbonyl (C=O) groups excluding carboxylic acids is 1. The number of ether oxygens (including phenoxy) is 1. The lowest BCUT2D eigenvalue weighted by Crippen LogP contribution is -3.13. The number of methoxy groups -OCH3 is 1. The first-order chi connectivity index (χ1) is 9.67. The molecule has 1 saturated heterocycles. The number of carbonyl (C=O) groups is 1. The third-order valence-electron chi connectivity index (χ3n) is 3.94. The molecule has 4 nitrogen and oxygen atoms in total. The van der Waals surface area contributed by atoms with E-state index in [1.54, 1.807) is 12.0 Å². The molecule has 1 aromatic rings. The molecule has 1 aliphatic heterocycles. The van der Waals surface area contributed by atoms with E-state index in [-0.39, 0.29) is 5.91 Å². The Balaban J connectivity index is 1.74. The molecule has 0 saturated carbocycles. The molecule has 4 heteroatoms. The van der Waals surface area contributed by atoms with E-state index in [4.69, 9.17) is 4.74 Å². The van der Waals surface area contributed by atoms with Gasteiger partial charge < -0.3 is 15.0 Å². The standard InChI is InChI=1S/C16H24N2O2/c1-13-4-3-10-18(12-13)11-9-16(19)17-14-5-7-15(20-2)8-6-14/h5-8,13H,3-4,9-12H2,1-2H3,(H,17,19)/p+1/t13-/m0/s1. The predicted molar refractivity (Wildman–Crippen MR) is 80.2 cm³/mol. The highest BCUT2D eigenvalue weighted by atomic mass is 16.5. The summed E-state index contributed by atoms with van der Waals surface area (Å²) in [5.41, 5.74) is 0.831. The van der Waals surface area contributed by atoms with Gasteiger partial charge in [0.15, 0.2) is 0 Å². The lowest BCUT2D eigenvalue weighted by Gasteiger charge is -2.27. The molecule has 1 amide bonds. The predicted octanol–water partition coefficient (Wildman–Crippen LogP) is 1.34. The molecule has 1 aromatic carbocycles. The lowest BCUT2D eigenvalue weighted by molar-refractivity contribution is -0.907. The van der Waals surface area contributed by atoms with Crippen LogP contribution in [0.25, 0.3) is 0 Å². The molecule has 2 N–H and O–H groups in total. The molecular formula is C16H25N2O2+. The van der Waals surface area contributed by atoms with Crippen molar-refractivity contribution in [3.8, 4) is 5.75 Å². The number of amides is 1. The summed E-state index contributed by atoms with van der Waals surface area (Å²) in [5, 5.41) is 2.94. The zero-order chi connectivity index (χ0) is 14.4. The largest absolute Gasteiger partial charge is 0.497 e. The van der Waals surface area contributed by atoms with Crippen molar-refractivity contribution in [2.24, 2.45) is 5.92 Å². The Bertz CT molecular complexity index is 431. The fraction of sp³-hybridized carbons (Fsp3) is 0.562. The van der Waals surface area contributed by atoms with Crippen LogP contribution in [0.2, 0.25) is 0 Å². The van der Waals surface area contributed by atoms with Crippen molar-refractivity contribution >= 4 is 11.6 Å². The fourth-order valence-electron chi connectivity index (χ4n) is 2.81. The van der Waals surface area contributed by atoms with Crippen LogP contribution in [0.3, 0.4) is 0 Å². The van der Waals surface area contributed by atoms with Crippen LogP contribution in [0.4, 0.5) is 5.69 Å². The van der Waals surface area contributed by atoms with Crippen LogP contribution in [0.1, 0.15) is 26.2 Å². The Kier molecular flexibility index (Phi) is 5.41. The summed E-state index contributed by atoms with van der Waals surface area (Å²) in [6.45, 7) is 5.65. The van der Waals surface area contributed by atoms with Crippen LogP contribution in [0.15, 0.2) is 24.3 Å². The monoisotopic (exact) mass is 277 g/mol. The molecule has 2 atom stereocenters. The van der Waals surface area contributed by atoms with Gasteiger partial charge in [0, 0.05) is 11.6 Å². The summed E-state index contributed by atoms with van der Waals surface area (Å²) in [4.78, 5) is 13.5. The van der Waals surface area contributed by atoms with E-state index in [9.17, 15) is 4.79 Å². The first-order valence-corrected chi connectivity index (χ1v) is 7.45. The van der Waals surface area contributed by atoms with E-state index in [1.165, 1.54) is 25.9 Å². The van der Waals surface area contributed by atoms with Gasteiger partial charge in [0.25, 0.3) is 0 Å². The van der Waals surface area contributed by atoms with Crippen LogP contribution < -0.4 is 15.0 Å². The van der Waals surface area contributed by atoms with E-state index in [0.29, 0.717) is 6.42 Å². The zero-order valence-electron chi connectivity index (χ0n) is 12.4. The van der Waals surface area contributed by atoms with E-state index in [2.05, 4.69) is 12.2 Å². The highest BCUT2D eigenvalue weighted by Gasteiger charge is 2.20. The van der Waals surface area contributed by atoms with Gasteiger partial charge in [-0.25, -0.2) is 0 Å². The van der Waals surface area contributed by atoms with Gasteiger partial charge in [-0.3, -0.25) is 4.79 Å². The molecule has 1 unspecified atom stereocenters. The van der Waals surface area contributed by atoms with Crippen molar-refractivity contribution in [1.29, 1.82) is 0 Å². The van der Waals surface area contributed by atoms with E-state index in [0.717, 1.165) is 23.9 Å². The minimum absolute atomic E-state index is 0.0980. The van der Waals surface area contributed by atoms with Crippen molar-refractivity contribution in [2.75, 3.05) is 32.1 Å². The minimum Gasteiger partial charge on any atom is -0.497 e. The molecule has 0 aromatic heterocycles. The average molecular weight is 277 g/mol. The van der Waals surface area contributed by atoms with E-state index < -0.39 is 0 Å². The SMILES string of the molecule is COc1ccc(NC(=O)CC[NH+]2CCC[C@H](C)C2)cc1. The number of benzene rings is 1. The van der Waals surface area contributed by atoms with Crippen LogP contribution in [0.5, 0.6) is 5.75 Å². The first-order valence-electron chi connectivity index (χ1n) is 7.45. The van der Waals surface area contributed by atoms with Crippen molar-refractivity contribution < 1.29 is 14.4 Å². The molecule has 2 rings (SSSR count). The van der Waals surface area contributed by atoms with Gasteiger partial charge in [-0.1, -0.05) is 6.92 Å². The topological polar surface area (TPSA) is 42.8 Å². The summed E-state index contributed by atoms with van der Waals surface area (Å²) in [5.74, 6) is 1.69. The van der Waals surface area contributed by atoms with Gasteiger partial charge in [-0.05, 0) is 37.1 Å². The molecule has 0 spiro atoms. The Morgan fingerprint density at radius 3 is 2.80 bits per heavy atom. The van der Waals surface area contributed by atoms with Gasteiger partial charge in [-0.15, -0.1) is 0 Å². The molecule has 1 aliphatic rings. The smallest absolute Gasteiger partial charge is 0.230 e. The maximum Gasteiger partial charge on any atom is 0.230 e. The Morgan fingerprint density at radius 2 is 2.15 bits per heavy atom. The minimum atomic E-state index is 0.0980. The van der Waals surface area contributed by atoms with Crippen LogP contribution in [-0.4, -0.2) is 32.7 Å². The lowest BCUT2D eigenvalue weighted by atomic mass is 10.0. The third-order valence-corrected chi connectivity index (χ3v) is 3.94. The van der Waals surface area contributed by atoms with Crippen molar-refractivity contribution in [3.63, 3.8) is 0 Å². The molecule has 20 heavy (non-hydrogen) atoms. The molecule has 1 heterocycles. The second-order valence-electron chi connectivity index (χ2n) is 5.73. The molecule has 0 bridgehead atoms. The van der Waals surface area contributed by atoms with Gasteiger partial charge in [-0.2, -0.15) is 0 Å². The molecule has 1 fully saturated rings. The number of rotatable bonds is 5. The summed E-state index contributed by atoms with van der Waals surface area (Å²) < 4.78 is 5.09. The van der Waals surface area contributed by atoms with E-state index in [1.807, 2.05) is 24.3 Å². The number of hydrogen-bond donors (Lipinski definition) is 2. The summed E-state index contributed by atoms with van der Waals surface area (Å²) in [6, 6.07) is 7.44. The highest BCUT2D eigenvalue weighted by Crippen LogP contribution is 2.14. The second kappa shape index (κ2) is 7.29. The Labute approximate surface area is 121 Å². The fourth-order valence-corrected chi connectivity index (χ4v) is 2.81.